The zero-order chi connectivity index (χ0) is 22.5. The molecule has 1 aliphatic rings. The number of amides is 1. The molecule has 0 spiro atoms. The van der Waals surface area contributed by atoms with E-state index in [9.17, 15) is 14.4 Å². The lowest BCUT2D eigenvalue weighted by Gasteiger charge is -2.32. The summed E-state index contributed by atoms with van der Waals surface area (Å²) in [4.78, 5) is 39.3. The number of hydrogen-bond donors (Lipinski definition) is 0. The number of ketones is 1. The Morgan fingerprint density at radius 3 is 2.47 bits per heavy atom. The minimum absolute atomic E-state index is 0.00758. The summed E-state index contributed by atoms with van der Waals surface area (Å²) in [6.45, 7) is 0.656. The summed E-state index contributed by atoms with van der Waals surface area (Å²) in [7, 11) is 0. The predicted molar refractivity (Wildman–Crippen MR) is 120 cm³/mol. The molecule has 4 rings (SSSR count). The molecule has 1 aromatic heterocycles. The summed E-state index contributed by atoms with van der Waals surface area (Å²) in [5, 5.41) is 4.03. The lowest BCUT2D eigenvalue weighted by molar-refractivity contribution is -0.133. The SMILES string of the molecule is O=C(c1ccc(Oc2ccccc2)cc1)[C@H]1CCCN(C(=O)Cn2nc(Cl)ccc2=O)C1. The van der Waals surface area contributed by atoms with Gasteiger partial charge in [-0.1, -0.05) is 29.8 Å². The largest absolute Gasteiger partial charge is 0.457 e. The van der Waals surface area contributed by atoms with Gasteiger partial charge in [-0.15, -0.1) is 0 Å². The van der Waals surface area contributed by atoms with Crippen molar-refractivity contribution in [1.29, 1.82) is 0 Å². The fourth-order valence-corrected chi connectivity index (χ4v) is 3.88. The molecule has 0 unspecified atom stereocenters. The lowest BCUT2D eigenvalue weighted by Crippen LogP contribution is -2.44. The van der Waals surface area contributed by atoms with Gasteiger partial charge in [0, 0.05) is 30.6 Å². The highest BCUT2D eigenvalue weighted by atomic mass is 35.5. The molecule has 7 nitrogen and oxygen atoms in total. The normalized spacial score (nSPS) is 15.9. The van der Waals surface area contributed by atoms with Crippen LogP contribution in [0, 0.1) is 5.92 Å². The number of piperidine rings is 1. The molecule has 0 radical (unpaired) electrons. The van der Waals surface area contributed by atoms with Crippen LogP contribution in [0.3, 0.4) is 0 Å². The summed E-state index contributed by atoms with van der Waals surface area (Å²) < 4.78 is 6.82. The molecule has 164 valence electrons. The lowest BCUT2D eigenvalue weighted by atomic mass is 9.90. The van der Waals surface area contributed by atoms with E-state index in [1.165, 1.54) is 12.1 Å². The minimum Gasteiger partial charge on any atom is -0.457 e. The smallest absolute Gasteiger partial charge is 0.267 e. The molecule has 2 aromatic carbocycles. The van der Waals surface area contributed by atoms with E-state index in [1.807, 2.05) is 30.3 Å². The number of Topliss-reactive ketones (excluding diaryl/α,β-unsaturated/α-hetero) is 1. The number of carbonyl (C=O) groups excluding carboxylic acids is 2. The first-order chi connectivity index (χ1) is 15.5. The van der Waals surface area contributed by atoms with E-state index >= 15 is 0 Å². The zero-order valence-electron chi connectivity index (χ0n) is 17.3. The maximum Gasteiger partial charge on any atom is 0.267 e. The van der Waals surface area contributed by atoms with Crippen LogP contribution in [0.5, 0.6) is 11.5 Å². The Hall–Kier alpha value is -3.45. The Labute approximate surface area is 190 Å². The molecule has 0 aliphatic carbocycles. The molecule has 1 aliphatic heterocycles. The number of ether oxygens (including phenoxy) is 1. The van der Waals surface area contributed by atoms with Crippen LogP contribution in [0.15, 0.2) is 71.5 Å². The quantitative estimate of drug-likeness (QED) is 0.532. The van der Waals surface area contributed by atoms with Crippen molar-refractivity contribution in [3.8, 4) is 11.5 Å². The average molecular weight is 452 g/mol. The number of rotatable bonds is 6. The zero-order valence-corrected chi connectivity index (χ0v) is 18.1. The fraction of sp³-hybridized carbons (Fsp3) is 0.250. The van der Waals surface area contributed by atoms with Gasteiger partial charge in [0.15, 0.2) is 5.78 Å². The molecule has 8 heteroatoms. The van der Waals surface area contributed by atoms with Gasteiger partial charge in [0.2, 0.25) is 5.91 Å². The van der Waals surface area contributed by atoms with Crippen LogP contribution < -0.4 is 10.3 Å². The van der Waals surface area contributed by atoms with Gasteiger partial charge in [0.25, 0.3) is 5.56 Å². The van der Waals surface area contributed by atoms with Crippen molar-refractivity contribution in [1.82, 2.24) is 14.7 Å². The Balaban J connectivity index is 1.39. The van der Waals surface area contributed by atoms with Gasteiger partial charge in [0.1, 0.15) is 23.2 Å². The Kier molecular flexibility index (Phi) is 6.66. The first kappa shape index (κ1) is 21.8. The maximum atomic E-state index is 13.0. The Morgan fingerprint density at radius 2 is 1.72 bits per heavy atom. The number of hydrogen-bond acceptors (Lipinski definition) is 5. The molecule has 1 amide bonds. The highest BCUT2D eigenvalue weighted by molar-refractivity contribution is 6.29. The topological polar surface area (TPSA) is 81.5 Å². The minimum atomic E-state index is -0.398. The standard InChI is InChI=1S/C24H22ClN3O4/c25-21-12-13-22(29)28(26-21)16-23(30)27-14-4-5-18(15-27)24(31)17-8-10-20(11-9-17)32-19-6-2-1-3-7-19/h1-3,6-13,18H,4-5,14-16H2/t18-/m0/s1. The molecule has 1 atom stereocenters. The Bertz CT molecular complexity index is 1160. The van der Waals surface area contributed by atoms with Crippen molar-refractivity contribution in [2.24, 2.45) is 5.92 Å². The third-order valence-electron chi connectivity index (χ3n) is 5.38. The van der Waals surface area contributed by atoms with E-state index in [1.54, 1.807) is 29.2 Å². The van der Waals surface area contributed by atoms with E-state index < -0.39 is 5.56 Å². The van der Waals surface area contributed by atoms with Crippen molar-refractivity contribution in [2.75, 3.05) is 13.1 Å². The van der Waals surface area contributed by atoms with Gasteiger partial charge in [-0.2, -0.15) is 5.10 Å². The van der Waals surface area contributed by atoms with Gasteiger partial charge in [-0.3, -0.25) is 14.4 Å². The van der Waals surface area contributed by atoms with Crippen LogP contribution in [0.2, 0.25) is 5.15 Å². The van der Waals surface area contributed by atoms with Gasteiger partial charge in [-0.05, 0) is 55.3 Å². The summed E-state index contributed by atoms with van der Waals surface area (Å²) in [6, 6.07) is 19.1. The molecule has 1 fully saturated rings. The van der Waals surface area contributed by atoms with E-state index in [4.69, 9.17) is 16.3 Å². The molecule has 0 saturated carbocycles. The second-order valence-corrected chi connectivity index (χ2v) is 8.02. The van der Waals surface area contributed by atoms with Crippen molar-refractivity contribution >= 4 is 23.3 Å². The van der Waals surface area contributed by atoms with Gasteiger partial charge in [0.05, 0.1) is 0 Å². The van der Waals surface area contributed by atoms with Crippen LogP contribution in [-0.2, 0) is 11.3 Å². The summed E-state index contributed by atoms with van der Waals surface area (Å²) >= 11 is 5.83. The van der Waals surface area contributed by atoms with Crippen LogP contribution in [0.4, 0.5) is 0 Å². The molecule has 0 bridgehead atoms. The van der Waals surface area contributed by atoms with E-state index in [0.717, 1.165) is 16.9 Å². The number of para-hydroxylation sites is 1. The third kappa shape index (κ3) is 5.23. The molecule has 32 heavy (non-hydrogen) atoms. The number of benzene rings is 2. The highest BCUT2D eigenvalue weighted by Crippen LogP contribution is 2.25. The predicted octanol–water partition coefficient (Wildman–Crippen LogP) is 3.81. The van der Waals surface area contributed by atoms with Crippen molar-refractivity contribution < 1.29 is 14.3 Å². The second kappa shape index (κ2) is 9.78. The molecule has 3 aromatic rings. The molecule has 2 heterocycles. The molecule has 0 N–H and O–H groups in total. The van der Waals surface area contributed by atoms with Crippen LogP contribution >= 0.6 is 11.6 Å². The number of nitrogens with zero attached hydrogens (tertiary/aromatic N) is 3. The first-order valence-electron chi connectivity index (χ1n) is 10.4. The number of likely N-dealkylation sites (tertiary alicyclic amines) is 1. The van der Waals surface area contributed by atoms with Crippen LogP contribution in [-0.4, -0.2) is 39.5 Å². The fourth-order valence-electron chi connectivity index (χ4n) is 3.73. The second-order valence-electron chi connectivity index (χ2n) is 7.63. The summed E-state index contributed by atoms with van der Waals surface area (Å²) in [5.41, 5.74) is 0.183. The van der Waals surface area contributed by atoms with Crippen LogP contribution in [0.1, 0.15) is 23.2 Å². The average Bonchev–Trinajstić information content (AvgIpc) is 2.82. The number of halogens is 1. The van der Waals surface area contributed by atoms with Gasteiger partial charge in [-0.25, -0.2) is 4.68 Å². The number of carbonyl (C=O) groups is 2. The first-order valence-corrected chi connectivity index (χ1v) is 10.8. The summed E-state index contributed by atoms with van der Waals surface area (Å²) in [5.74, 6) is 0.810. The van der Waals surface area contributed by atoms with Gasteiger partial charge >= 0.3 is 0 Å². The summed E-state index contributed by atoms with van der Waals surface area (Å²) in [6.07, 6.45) is 1.43. The van der Waals surface area contributed by atoms with Crippen molar-refractivity contribution in [2.45, 2.75) is 19.4 Å². The van der Waals surface area contributed by atoms with Gasteiger partial charge < -0.3 is 9.64 Å². The Morgan fingerprint density at radius 1 is 1.00 bits per heavy atom. The monoisotopic (exact) mass is 451 g/mol. The highest BCUT2D eigenvalue weighted by Gasteiger charge is 2.29. The molecular formula is C24H22ClN3O4. The third-order valence-corrected chi connectivity index (χ3v) is 5.58. The maximum absolute atomic E-state index is 13.0. The number of aromatic nitrogens is 2. The molecule has 1 saturated heterocycles. The van der Waals surface area contributed by atoms with E-state index in [0.29, 0.717) is 30.8 Å². The van der Waals surface area contributed by atoms with Crippen molar-refractivity contribution in [3.63, 3.8) is 0 Å². The van der Waals surface area contributed by atoms with Crippen LogP contribution in [0.25, 0.3) is 0 Å². The molecular weight excluding hydrogens is 430 g/mol. The van der Waals surface area contributed by atoms with E-state index in [2.05, 4.69) is 5.10 Å². The van der Waals surface area contributed by atoms with Crippen molar-refractivity contribution in [3.05, 3.63) is 87.8 Å². The van der Waals surface area contributed by atoms with E-state index in [-0.39, 0.29) is 29.3 Å².